The van der Waals surface area contributed by atoms with Gasteiger partial charge in [0, 0.05) is 25.6 Å². The van der Waals surface area contributed by atoms with E-state index < -0.39 is 30.8 Å². The molecular weight excluding hydrogens is 285 g/mol. The van der Waals surface area contributed by atoms with E-state index in [4.69, 9.17) is 4.74 Å². The predicted molar refractivity (Wildman–Crippen MR) is 70.3 cm³/mol. The van der Waals surface area contributed by atoms with Gasteiger partial charge in [-0.3, -0.25) is 10.1 Å². The average molecular weight is 302 g/mol. The Morgan fingerprint density at radius 2 is 2.29 bits per heavy atom. The second kappa shape index (κ2) is 6.44. The molecule has 1 aromatic rings. The molecule has 1 aliphatic heterocycles. The number of hydrogen-bond donors (Lipinski definition) is 2. The van der Waals surface area contributed by atoms with Gasteiger partial charge in [-0.25, -0.2) is 13.2 Å². The molecule has 0 spiro atoms. The molecule has 0 bridgehead atoms. The van der Waals surface area contributed by atoms with Crippen molar-refractivity contribution in [2.75, 3.05) is 13.7 Å². The second-order valence-electron chi connectivity index (χ2n) is 5.07. The van der Waals surface area contributed by atoms with Crippen LogP contribution >= 0.6 is 0 Å². The number of ether oxygens (including phenoxy) is 1. The van der Waals surface area contributed by atoms with Crippen LogP contribution in [-0.4, -0.2) is 31.5 Å². The van der Waals surface area contributed by atoms with E-state index in [1.165, 1.54) is 19.2 Å². The maximum atomic E-state index is 13.4. The summed E-state index contributed by atoms with van der Waals surface area (Å²) in [6.07, 6.45) is -0.503. The predicted octanol–water partition coefficient (Wildman–Crippen LogP) is 1.59. The summed E-state index contributed by atoms with van der Waals surface area (Å²) in [7, 11) is 1.46. The maximum absolute atomic E-state index is 13.4. The molecule has 1 saturated heterocycles. The number of hydrogen-bond acceptors (Lipinski definition) is 3. The Morgan fingerprint density at radius 1 is 1.52 bits per heavy atom. The van der Waals surface area contributed by atoms with Crippen molar-refractivity contribution in [2.45, 2.75) is 31.5 Å². The lowest BCUT2D eigenvalue weighted by atomic mass is 10.1. The fourth-order valence-corrected chi connectivity index (χ4v) is 2.22. The Hall–Kier alpha value is -1.60. The van der Waals surface area contributed by atoms with Gasteiger partial charge in [0.1, 0.15) is 5.82 Å². The van der Waals surface area contributed by atoms with Crippen LogP contribution in [0.3, 0.4) is 0 Å². The van der Waals surface area contributed by atoms with Gasteiger partial charge >= 0.3 is 0 Å². The van der Waals surface area contributed by atoms with Crippen molar-refractivity contribution in [3.63, 3.8) is 0 Å². The molecule has 1 aromatic carbocycles. The molecule has 1 heterocycles. The minimum atomic E-state index is -2.84. The molecule has 116 valence electrons. The molecule has 1 fully saturated rings. The molecule has 2 rings (SSSR count). The smallest absolute Gasteiger partial charge is 0.262 e. The van der Waals surface area contributed by atoms with Gasteiger partial charge < -0.3 is 10.1 Å². The summed E-state index contributed by atoms with van der Waals surface area (Å²) >= 11 is 0. The van der Waals surface area contributed by atoms with Gasteiger partial charge in [0.05, 0.1) is 19.2 Å². The van der Waals surface area contributed by atoms with Gasteiger partial charge in [0.15, 0.2) is 0 Å². The van der Waals surface area contributed by atoms with Gasteiger partial charge in [-0.1, -0.05) is 6.07 Å². The third kappa shape index (κ3) is 4.18. The highest BCUT2D eigenvalue weighted by atomic mass is 19.3. The first-order valence-electron chi connectivity index (χ1n) is 6.56. The Balaban J connectivity index is 1.91. The molecule has 1 aliphatic rings. The number of amides is 1. The zero-order valence-corrected chi connectivity index (χ0v) is 11.6. The van der Waals surface area contributed by atoms with Crippen molar-refractivity contribution in [3.05, 3.63) is 35.1 Å². The first kappa shape index (κ1) is 15.8. The summed E-state index contributed by atoms with van der Waals surface area (Å²) in [5.74, 6) is -3.71. The van der Waals surface area contributed by atoms with Crippen molar-refractivity contribution >= 4 is 5.91 Å². The quantitative estimate of drug-likeness (QED) is 0.868. The molecular formula is C14H17F3N2O2. The topological polar surface area (TPSA) is 50.4 Å². The first-order chi connectivity index (χ1) is 9.91. The Kier molecular flexibility index (Phi) is 4.84. The molecule has 0 saturated carbocycles. The van der Waals surface area contributed by atoms with Crippen LogP contribution in [-0.2, 0) is 22.7 Å². The summed E-state index contributed by atoms with van der Waals surface area (Å²) in [6, 6.07) is 3.51. The van der Waals surface area contributed by atoms with Gasteiger partial charge in [-0.2, -0.15) is 0 Å². The van der Waals surface area contributed by atoms with Crippen LogP contribution in [0.2, 0.25) is 0 Å². The lowest BCUT2D eigenvalue weighted by Crippen LogP contribution is -2.40. The van der Waals surface area contributed by atoms with Crippen molar-refractivity contribution in [1.82, 2.24) is 10.6 Å². The number of nitrogens with one attached hydrogen (secondary N) is 2. The maximum Gasteiger partial charge on any atom is 0.262 e. The largest absolute Gasteiger partial charge is 0.380 e. The molecule has 7 heteroatoms. The number of methoxy groups -OCH3 is 1. The molecule has 21 heavy (non-hydrogen) atoms. The lowest BCUT2D eigenvalue weighted by Gasteiger charge is -2.12. The standard InChI is InChI=1S/C14H17F3N2O2/c1-21-7-10-4-9(2-3-11(10)15)6-18-13(20)12-5-14(16,17)8-19-12/h2-4,12,19H,5-8H2,1H3,(H,18,20). The van der Waals surface area contributed by atoms with E-state index >= 15 is 0 Å². The summed E-state index contributed by atoms with van der Waals surface area (Å²) < 4.78 is 44.3. The van der Waals surface area contributed by atoms with Crippen LogP contribution in [0.5, 0.6) is 0 Å². The molecule has 2 N–H and O–H groups in total. The minimum absolute atomic E-state index is 0.129. The highest BCUT2D eigenvalue weighted by molar-refractivity contribution is 5.82. The van der Waals surface area contributed by atoms with Crippen LogP contribution in [0.4, 0.5) is 13.2 Å². The summed E-state index contributed by atoms with van der Waals surface area (Å²) in [6.45, 7) is -0.205. The van der Waals surface area contributed by atoms with E-state index in [0.29, 0.717) is 11.1 Å². The van der Waals surface area contributed by atoms with Crippen molar-refractivity contribution < 1.29 is 22.7 Å². The third-order valence-corrected chi connectivity index (χ3v) is 3.30. The van der Waals surface area contributed by atoms with Gasteiger partial charge in [-0.15, -0.1) is 0 Å². The number of rotatable bonds is 5. The fraction of sp³-hybridized carbons (Fsp3) is 0.500. The fourth-order valence-electron chi connectivity index (χ4n) is 2.22. The van der Waals surface area contributed by atoms with Crippen molar-refractivity contribution in [2.24, 2.45) is 0 Å². The van der Waals surface area contributed by atoms with Crippen LogP contribution in [0.15, 0.2) is 18.2 Å². The zero-order chi connectivity index (χ0) is 15.5. The van der Waals surface area contributed by atoms with Crippen LogP contribution in [0.1, 0.15) is 17.5 Å². The Morgan fingerprint density at radius 3 is 2.90 bits per heavy atom. The van der Waals surface area contributed by atoms with Crippen LogP contribution in [0, 0.1) is 5.82 Å². The number of benzene rings is 1. The number of carbonyl (C=O) groups excluding carboxylic acids is 1. The number of carbonyl (C=O) groups is 1. The van der Waals surface area contributed by atoms with Gasteiger partial charge in [0.25, 0.3) is 5.92 Å². The number of halogens is 3. The summed E-state index contributed by atoms with van der Waals surface area (Å²) in [5, 5.41) is 5.05. The number of alkyl halides is 2. The minimum Gasteiger partial charge on any atom is -0.380 e. The van der Waals surface area contributed by atoms with E-state index in [1.807, 2.05) is 0 Å². The lowest BCUT2D eigenvalue weighted by molar-refractivity contribution is -0.123. The van der Waals surface area contributed by atoms with E-state index in [0.717, 1.165) is 0 Å². The molecule has 0 aromatic heterocycles. The van der Waals surface area contributed by atoms with Crippen LogP contribution in [0.25, 0.3) is 0 Å². The van der Waals surface area contributed by atoms with Crippen molar-refractivity contribution in [1.29, 1.82) is 0 Å². The monoisotopic (exact) mass is 302 g/mol. The van der Waals surface area contributed by atoms with E-state index in [2.05, 4.69) is 10.6 Å². The highest BCUT2D eigenvalue weighted by Gasteiger charge is 2.42. The molecule has 0 radical (unpaired) electrons. The summed E-state index contributed by atoms with van der Waals surface area (Å²) in [4.78, 5) is 11.8. The van der Waals surface area contributed by atoms with Gasteiger partial charge in [-0.05, 0) is 17.7 Å². The molecule has 1 amide bonds. The second-order valence-corrected chi connectivity index (χ2v) is 5.07. The molecule has 1 atom stereocenters. The van der Waals surface area contributed by atoms with Crippen molar-refractivity contribution in [3.8, 4) is 0 Å². The SMILES string of the molecule is COCc1cc(CNC(=O)C2CC(F)(F)CN2)ccc1F. The summed E-state index contributed by atoms with van der Waals surface area (Å²) in [5.41, 5.74) is 1.07. The van der Waals surface area contributed by atoms with E-state index in [1.54, 1.807) is 6.07 Å². The van der Waals surface area contributed by atoms with Crippen LogP contribution < -0.4 is 10.6 Å². The zero-order valence-electron chi connectivity index (χ0n) is 11.6. The Labute approximate surface area is 120 Å². The van der Waals surface area contributed by atoms with E-state index in [9.17, 15) is 18.0 Å². The highest BCUT2D eigenvalue weighted by Crippen LogP contribution is 2.25. The van der Waals surface area contributed by atoms with E-state index in [-0.39, 0.29) is 19.0 Å². The molecule has 1 unspecified atom stereocenters. The third-order valence-electron chi connectivity index (χ3n) is 3.30. The van der Waals surface area contributed by atoms with Gasteiger partial charge in [0.2, 0.25) is 5.91 Å². The normalized spacial score (nSPS) is 20.5. The first-order valence-corrected chi connectivity index (χ1v) is 6.56. The molecule has 4 nitrogen and oxygen atoms in total. The Bertz CT molecular complexity index is 523. The average Bonchev–Trinajstić information content (AvgIpc) is 2.80. The molecule has 0 aliphatic carbocycles.